The van der Waals surface area contributed by atoms with Gasteiger partial charge in [0.1, 0.15) is 11.9 Å². The molecule has 0 saturated carbocycles. The van der Waals surface area contributed by atoms with Gasteiger partial charge in [0.05, 0.1) is 24.2 Å². The molecule has 1 atom stereocenters. The summed E-state index contributed by atoms with van der Waals surface area (Å²) in [5, 5.41) is 5.47. The van der Waals surface area contributed by atoms with Gasteiger partial charge in [-0.25, -0.2) is 4.98 Å². The molecule has 3 aliphatic rings. The molecule has 2 N–H and O–H groups in total. The number of imide groups is 1. The molecule has 13 nitrogen and oxygen atoms in total. The third-order valence-electron chi connectivity index (χ3n) is 10.3. The Hall–Kier alpha value is -5.51. The lowest BCUT2D eigenvalue weighted by atomic mass is 9.95. The topological polar surface area (TPSA) is 148 Å². The first-order valence-electron chi connectivity index (χ1n) is 17.4. The van der Waals surface area contributed by atoms with E-state index in [0.717, 1.165) is 11.1 Å². The molecular weight excluding hydrogens is 695 g/mol. The zero-order valence-corrected chi connectivity index (χ0v) is 29.2. The fourth-order valence-corrected chi connectivity index (χ4v) is 7.58. The van der Waals surface area contributed by atoms with Gasteiger partial charge in [0.2, 0.25) is 17.7 Å². The minimum absolute atomic E-state index is 0.0334. The summed E-state index contributed by atoms with van der Waals surface area (Å²) < 4.78 is 46.3. The van der Waals surface area contributed by atoms with Gasteiger partial charge in [0, 0.05) is 74.1 Å². The van der Waals surface area contributed by atoms with Gasteiger partial charge in [-0.1, -0.05) is 12.1 Å². The van der Waals surface area contributed by atoms with E-state index in [1.165, 1.54) is 9.47 Å². The molecule has 7 rings (SSSR count). The second-order valence-corrected chi connectivity index (χ2v) is 13.7. The normalized spacial score (nSPS) is 18.1. The Morgan fingerprint density at radius 3 is 2.53 bits per heavy atom. The number of likely N-dealkylation sites (tertiary alicyclic amines) is 1. The molecule has 0 aliphatic carbocycles. The summed E-state index contributed by atoms with van der Waals surface area (Å²) in [4.78, 5) is 71.0. The van der Waals surface area contributed by atoms with E-state index in [-0.39, 0.29) is 61.7 Å². The number of alkyl halides is 3. The fourth-order valence-electron chi connectivity index (χ4n) is 7.58. The van der Waals surface area contributed by atoms with E-state index in [1.807, 2.05) is 18.2 Å². The number of rotatable bonds is 9. The van der Waals surface area contributed by atoms with Crippen LogP contribution in [-0.4, -0.2) is 86.2 Å². The number of imidazole rings is 1. The highest BCUT2D eigenvalue weighted by Crippen LogP contribution is 2.34. The number of hydrogen-bond donors (Lipinski definition) is 2. The average molecular weight is 734 g/mol. The third kappa shape index (κ3) is 7.27. The van der Waals surface area contributed by atoms with Crippen LogP contribution in [0, 0.1) is 6.92 Å². The fraction of sp³-hybridized carbons (Fsp3) is 0.405. The van der Waals surface area contributed by atoms with Gasteiger partial charge in [-0.3, -0.25) is 34.0 Å². The predicted octanol–water partition coefficient (Wildman–Crippen LogP) is 3.83. The quantitative estimate of drug-likeness (QED) is 0.247. The molecule has 53 heavy (non-hydrogen) atoms. The Morgan fingerprint density at radius 2 is 1.81 bits per heavy atom. The van der Waals surface area contributed by atoms with Gasteiger partial charge in [-0.05, 0) is 67.6 Å². The first kappa shape index (κ1) is 35.9. The highest BCUT2D eigenvalue weighted by atomic mass is 19.4. The highest BCUT2D eigenvalue weighted by molar-refractivity contribution is 6.06. The average Bonchev–Trinajstić information content (AvgIpc) is 3.66. The zero-order valence-electron chi connectivity index (χ0n) is 29.2. The van der Waals surface area contributed by atoms with E-state index in [2.05, 4.69) is 15.4 Å². The smallest absolute Gasteiger partial charge is 0.376 e. The van der Waals surface area contributed by atoms with Gasteiger partial charge >= 0.3 is 6.36 Å². The maximum absolute atomic E-state index is 13.4. The summed E-state index contributed by atoms with van der Waals surface area (Å²) in [5.74, 6) is -0.831. The molecule has 2 saturated heterocycles. The van der Waals surface area contributed by atoms with E-state index in [4.69, 9.17) is 4.98 Å². The number of ether oxygens (including phenoxy) is 1. The maximum Gasteiger partial charge on any atom is 0.522 e. The van der Waals surface area contributed by atoms with Crippen LogP contribution >= 0.6 is 0 Å². The van der Waals surface area contributed by atoms with Crippen LogP contribution in [0.5, 0.6) is 0 Å². The van der Waals surface area contributed by atoms with Gasteiger partial charge in [0.15, 0.2) is 0 Å². The number of nitrogens with one attached hydrogen (secondary N) is 2. The number of nitrogens with zero attached hydrogens (tertiary/aromatic N) is 5. The number of pyridine rings is 1. The predicted molar refractivity (Wildman–Crippen MR) is 187 cm³/mol. The molecule has 1 unspecified atom stereocenters. The number of carbonyl (C=O) groups is 4. The second kappa shape index (κ2) is 14.1. The number of fused-ring (bicyclic) bond motifs is 2. The lowest BCUT2D eigenvalue weighted by Gasteiger charge is -2.32. The van der Waals surface area contributed by atoms with Crippen LogP contribution < -0.4 is 16.2 Å². The van der Waals surface area contributed by atoms with Crippen LogP contribution in [0.2, 0.25) is 0 Å². The van der Waals surface area contributed by atoms with Gasteiger partial charge in [0.25, 0.3) is 11.5 Å². The van der Waals surface area contributed by atoms with E-state index < -0.39 is 24.9 Å². The second-order valence-electron chi connectivity index (χ2n) is 13.7. The summed E-state index contributed by atoms with van der Waals surface area (Å²) in [6.07, 6.45) is -1.59. The Morgan fingerprint density at radius 1 is 1.04 bits per heavy atom. The van der Waals surface area contributed by atoms with Gasteiger partial charge in [-0.15, -0.1) is 13.2 Å². The van der Waals surface area contributed by atoms with E-state index in [1.54, 1.807) is 53.9 Å². The molecule has 0 radical (unpaired) electrons. The van der Waals surface area contributed by atoms with Crippen molar-refractivity contribution in [2.45, 2.75) is 64.0 Å². The van der Waals surface area contributed by atoms with E-state index in [9.17, 15) is 37.1 Å². The Labute approximate surface area is 301 Å². The number of halogens is 3. The first-order chi connectivity index (χ1) is 25.3. The summed E-state index contributed by atoms with van der Waals surface area (Å²) in [6, 6.07) is 11.7. The number of hydrogen-bond acceptors (Lipinski definition) is 8. The molecule has 2 fully saturated rings. The standard InChI is InChI=1S/C37H38F3N7O6/c1-21-16-24(19-44(2)35(21)51)23-6-7-28-30(17-23)46(14-15-53-37(38,39)40)33(42-28)22-10-12-45(13-11-22)32(49)18-41-27-5-3-4-25-26(27)20-47(36(25)52)29-8-9-31(48)43-34(29)50/h3-7,16-17,19,22,29,41H,8-15,18,20H2,1-2H3,(H,43,48,50). The molecule has 5 heterocycles. The van der Waals surface area contributed by atoms with Crippen LogP contribution in [0.3, 0.4) is 0 Å². The molecular formula is C37H38F3N7O6. The van der Waals surface area contributed by atoms with Crippen molar-refractivity contribution in [1.82, 2.24) is 29.2 Å². The molecule has 3 aliphatic heterocycles. The summed E-state index contributed by atoms with van der Waals surface area (Å²) in [6.45, 7) is 1.99. The van der Waals surface area contributed by atoms with Crippen LogP contribution in [0.15, 0.2) is 53.5 Å². The molecule has 2 aromatic heterocycles. The van der Waals surface area contributed by atoms with Crippen LogP contribution in [0.25, 0.3) is 22.2 Å². The molecule has 0 spiro atoms. The summed E-state index contributed by atoms with van der Waals surface area (Å²) in [7, 11) is 1.66. The van der Waals surface area contributed by atoms with Gasteiger partial charge in [-0.2, -0.15) is 0 Å². The molecule has 4 aromatic rings. The number of aryl methyl sites for hydroxylation is 2. The van der Waals surface area contributed by atoms with Crippen molar-refractivity contribution in [3.05, 3.63) is 81.5 Å². The van der Waals surface area contributed by atoms with Gasteiger partial charge < -0.3 is 24.3 Å². The first-order valence-corrected chi connectivity index (χ1v) is 17.4. The molecule has 2 aromatic carbocycles. The third-order valence-corrected chi connectivity index (χ3v) is 10.3. The largest absolute Gasteiger partial charge is 0.522 e. The van der Waals surface area contributed by atoms with Crippen molar-refractivity contribution in [2.24, 2.45) is 7.05 Å². The maximum atomic E-state index is 13.4. The Kier molecular flexibility index (Phi) is 9.57. The monoisotopic (exact) mass is 733 g/mol. The van der Waals surface area contributed by atoms with Crippen LogP contribution in [0.4, 0.5) is 18.9 Å². The zero-order chi connectivity index (χ0) is 37.6. The van der Waals surface area contributed by atoms with Crippen LogP contribution in [0.1, 0.15) is 58.9 Å². The highest BCUT2D eigenvalue weighted by Gasteiger charge is 2.40. The van der Waals surface area contributed by atoms with Crippen molar-refractivity contribution < 1.29 is 37.1 Å². The summed E-state index contributed by atoms with van der Waals surface area (Å²) in [5.41, 5.74) is 4.99. The lowest BCUT2D eigenvalue weighted by Crippen LogP contribution is -2.52. The minimum Gasteiger partial charge on any atom is -0.376 e. The summed E-state index contributed by atoms with van der Waals surface area (Å²) >= 11 is 0. The number of carbonyl (C=O) groups excluding carboxylic acids is 4. The van der Waals surface area contributed by atoms with Crippen molar-refractivity contribution >= 4 is 40.3 Å². The molecule has 16 heteroatoms. The lowest BCUT2D eigenvalue weighted by molar-refractivity contribution is -0.325. The van der Waals surface area contributed by atoms with Crippen molar-refractivity contribution in [2.75, 3.05) is 31.6 Å². The number of benzene rings is 2. The molecule has 4 amide bonds. The van der Waals surface area contributed by atoms with E-state index in [0.29, 0.717) is 65.2 Å². The number of aromatic nitrogens is 3. The minimum atomic E-state index is -4.78. The number of piperidine rings is 2. The Bertz CT molecular complexity index is 2160. The molecule has 0 bridgehead atoms. The van der Waals surface area contributed by atoms with Crippen molar-refractivity contribution in [1.29, 1.82) is 0 Å². The number of anilines is 1. The number of amides is 4. The van der Waals surface area contributed by atoms with E-state index >= 15 is 0 Å². The Balaban J connectivity index is 1.04. The van der Waals surface area contributed by atoms with Crippen LogP contribution in [-0.2, 0) is 39.3 Å². The molecule has 278 valence electrons. The SMILES string of the molecule is Cc1cc(-c2ccc3nc(C4CCN(C(=O)CNc5cccc6c5CN(C5CCC(=O)NC5=O)C6=O)CC4)n(CCOC(F)(F)F)c3c2)cn(C)c1=O. The van der Waals surface area contributed by atoms with Crippen molar-refractivity contribution in [3.8, 4) is 11.1 Å². The van der Waals surface area contributed by atoms with Crippen molar-refractivity contribution in [3.63, 3.8) is 0 Å².